The normalized spacial score (nSPS) is 38.9. The number of hydrogen-bond donors (Lipinski definition) is 5. The molecule has 0 radical (unpaired) electrons. The number of aliphatic hydroxyl groups is 3. The van der Waals surface area contributed by atoms with Crippen molar-refractivity contribution < 1.29 is 38.9 Å². The maximum atomic E-state index is 10.3. The average Bonchev–Trinajstić information content (AvgIpc) is 2.28. The Morgan fingerprint density at radius 3 is 2.14 bits per heavy atom. The van der Waals surface area contributed by atoms with E-state index < -0.39 is 39.0 Å². The van der Waals surface area contributed by atoms with Crippen molar-refractivity contribution in [3.05, 3.63) is 0 Å². The molecule has 0 aliphatic carbocycles. The summed E-state index contributed by atoms with van der Waals surface area (Å²) in [5.74, 6) is 0. The minimum Gasteiger partial charge on any atom is -0.387 e. The highest BCUT2D eigenvalue weighted by molar-refractivity contribution is 7.46. The van der Waals surface area contributed by atoms with Gasteiger partial charge in [-0.05, 0) is 0 Å². The molecule has 1 fully saturated rings. The van der Waals surface area contributed by atoms with Crippen LogP contribution in [0, 0.1) is 0 Å². The summed E-state index contributed by atoms with van der Waals surface area (Å²) in [5.41, 5.74) is 0. The van der Waals surface area contributed by atoms with Crippen LogP contribution in [0.25, 0.3) is 0 Å². The first-order valence-corrected chi connectivity index (χ1v) is 5.24. The molecular formula is C5H11O8P. The van der Waals surface area contributed by atoms with Crippen LogP contribution in [0.5, 0.6) is 0 Å². The van der Waals surface area contributed by atoms with Crippen molar-refractivity contribution in [2.45, 2.75) is 24.6 Å². The molecule has 0 aromatic rings. The van der Waals surface area contributed by atoms with E-state index in [2.05, 4.69) is 9.26 Å². The van der Waals surface area contributed by atoms with Crippen LogP contribution < -0.4 is 0 Å². The lowest BCUT2D eigenvalue weighted by Gasteiger charge is -2.14. The lowest BCUT2D eigenvalue weighted by atomic mass is 10.3. The number of rotatable bonds is 3. The van der Waals surface area contributed by atoms with Gasteiger partial charge in [0.2, 0.25) is 0 Å². The van der Waals surface area contributed by atoms with Gasteiger partial charge in [-0.1, -0.05) is 0 Å². The summed E-state index contributed by atoms with van der Waals surface area (Å²) in [6.07, 6.45) is -5.67. The molecule has 0 saturated carbocycles. The van der Waals surface area contributed by atoms with E-state index in [1.807, 2.05) is 0 Å². The summed E-state index contributed by atoms with van der Waals surface area (Å²) < 4.78 is 18.9. The first kappa shape index (κ1) is 12.0. The largest absolute Gasteiger partial charge is 0.469 e. The second kappa shape index (κ2) is 4.21. The monoisotopic (exact) mass is 231 g/mol. The maximum Gasteiger partial charge on any atom is 0.469 e. The summed E-state index contributed by atoms with van der Waals surface area (Å²) >= 11 is 0. The van der Waals surface area contributed by atoms with E-state index >= 15 is 0 Å². The molecule has 9 heteroatoms. The molecule has 0 aromatic heterocycles. The van der Waals surface area contributed by atoms with E-state index in [-0.39, 0.29) is 0 Å². The third-order valence-corrected chi connectivity index (χ3v) is 2.23. The van der Waals surface area contributed by atoms with E-state index in [0.29, 0.717) is 0 Å². The van der Waals surface area contributed by atoms with Gasteiger partial charge in [-0.25, -0.2) is 4.57 Å². The third-order valence-electron chi connectivity index (χ3n) is 1.74. The molecule has 1 aliphatic heterocycles. The Labute approximate surface area is 78.9 Å². The standard InChI is InChI=1S/C5H11O8P/c6-3-2(1-12-14(9,10)11)13-5(8)4(3)7/h2-8H,1H2,(H2,9,10,11)/t2-,3-,4-,5?/m1/s1/i4+1. The van der Waals surface area contributed by atoms with Crippen LogP contribution in [0.1, 0.15) is 0 Å². The number of phosphoric acid groups is 1. The van der Waals surface area contributed by atoms with Crippen LogP contribution >= 0.6 is 7.82 Å². The molecule has 0 spiro atoms. The highest BCUT2D eigenvalue weighted by Crippen LogP contribution is 2.36. The molecule has 8 nitrogen and oxygen atoms in total. The van der Waals surface area contributed by atoms with Crippen LogP contribution in [-0.2, 0) is 13.8 Å². The van der Waals surface area contributed by atoms with Crippen molar-refractivity contribution in [1.82, 2.24) is 0 Å². The zero-order valence-electron chi connectivity index (χ0n) is 6.92. The fourth-order valence-corrected chi connectivity index (χ4v) is 1.38. The van der Waals surface area contributed by atoms with E-state index in [0.717, 1.165) is 0 Å². The van der Waals surface area contributed by atoms with Gasteiger partial charge in [0.15, 0.2) is 6.29 Å². The quantitative estimate of drug-likeness (QED) is 0.266. The first-order chi connectivity index (χ1) is 6.31. The molecule has 5 N–H and O–H groups in total. The molecule has 1 heterocycles. The van der Waals surface area contributed by atoms with Gasteiger partial charge in [-0.2, -0.15) is 0 Å². The van der Waals surface area contributed by atoms with Crippen LogP contribution in [0.2, 0.25) is 0 Å². The number of ether oxygens (including phenoxy) is 1. The summed E-state index contributed by atoms with van der Waals surface area (Å²) in [5, 5.41) is 27.0. The molecular weight excluding hydrogens is 220 g/mol. The zero-order valence-corrected chi connectivity index (χ0v) is 7.82. The number of hydrogen-bond acceptors (Lipinski definition) is 6. The number of phosphoric ester groups is 1. The summed E-state index contributed by atoms with van der Waals surface area (Å²) in [7, 11) is -4.64. The molecule has 84 valence electrons. The van der Waals surface area contributed by atoms with Gasteiger partial charge in [-0.3, -0.25) is 4.52 Å². The molecule has 1 rings (SSSR count). The highest BCUT2D eigenvalue weighted by Gasteiger charge is 2.42. The minimum absolute atomic E-state index is 0.612. The van der Waals surface area contributed by atoms with Gasteiger partial charge in [-0.15, -0.1) is 0 Å². The smallest absolute Gasteiger partial charge is 0.387 e. The molecule has 1 saturated heterocycles. The van der Waals surface area contributed by atoms with E-state index in [4.69, 9.17) is 25.1 Å². The van der Waals surface area contributed by atoms with Crippen LogP contribution in [0.3, 0.4) is 0 Å². The molecule has 0 bridgehead atoms. The van der Waals surface area contributed by atoms with Crippen molar-refractivity contribution in [3.63, 3.8) is 0 Å². The second-order valence-electron chi connectivity index (χ2n) is 2.83. The fraction of sp³-hybridized carbons (Fsp3) is 1.00. The van der Waals surface area contributed by atoms with Gasteiger partial charge in [0.25, 0.3) is 0 Å². The molecule has 0 amide bonds. The van der Waals surface area contributed by atoms with E-state index in [9.17, 15) is 4.57 Å². The fourth-order valence-electron chi connectivity index (χ4n) is 1.04. The zero-order chi connectivity index (χ0) is 10.9. The van der Waals surface area contributed by atoms with Gasteiger partial charge >= 0.3 is 7.82 Å². The van der Waals surface area contributed by atoms with Crippen molar-refractivity contribution in [3.8, 4) is 0 Å². The Balaban J connectivity index is 2.44. The van der Waals surface area contributed by atoms with Gasteiger partial charge in [0, 0.05) is 0 Å². The lowest BCUT2D eigenvalue weighted by molar-refractivity contribution is -0.132. The van der Waals surface area contributed by atoms with Crippen molar-refractivity contribution in [2.24, 2.45) is 0 Å². The van der Waals surface area contributed by atoms with Crippen LogP contribution in [0.4, 0.5) is 0 Å². The van der Waals surface area contributed by atoms with Gasteiger partial charge in [0.05, 0.1) is 6.61 Å². The van der Waals surface area contributed by atoms with E-state index in [1.54, 1.807) is 0 Å². The number of aliphatic hydroxyl groups excluding tert-OH is 3. The summed E-state index contributed by atoms with van der Waals surface area (Å²) in [6, 6.07) is 0. The predicted molar refractivity (Wildman–Crippen MR) is 40.9 cm³/mol. The SMILES string of the molecule is O=P(O)(O)OC[C@H]1OC(O)[13C@H](O)[C@@H]1O. The lowest BCUT2D eigenvalue weighted by Crippen LogP contribution is -2.34. The van der Waals surface area contributed by atoms with Crippen molar-refractivity contribution in [2.75, 3.05) is 6.61 Å². The van der Waals surface area contributed by atoms with Gasteiger partial charge in [0.1, 0.15) is 18.3 Å². The Bertz CT molecular complexity index is 238. The molecule has 4 atom stereocenters. The Hall–Kier alpha value is -0.0500. The predicted octanol–water partition coefficient (Wildman–Crippen LogP) is -2.47. The Morgan fingerprint density at radius 2 is 1.79 bits per heavy atom. The Morgan fingerprint density at radius 1 is 1.21 bits per heavy atom. The first-order valence-electron chi connectivity index (χ1n) is 3.71. The van der Waals surface area contributed by atoms with Crippen LogP contribution in [0.15, 0.2) is 0 Å². The summed E-state index contributed by atoms with van der Waals surface area (Å²) in [6.45, 7) is -0.612. The topological polar surface area (TPSA) is 137 Å². The van der Waals surface area contributed by atoms with Crippen LogP contribution in [-0.4, -0.2) is 56.3 Å². The van der Waals surface area contributed by atoms with E-state index in [1.165, 1.54) is 0 Å². The summed E-state index contributed by atoms with van der Waals surface area (Å²) in [4.78, 5) is 16.6. The molecule has 1 aliphatic rings. The Kier molecular flexibility index (Phi) is 3.62. The molecule has 1 unspecified atom stereocenters. The van der Waals surface area contributed by atoms with Crippen molar-refractivity contribution >= 4 is 7.82 Å². The third kappa shape index (κ3) is 2.97. The second-order valence-corrected chi connectivity index (χ2v) is 4.07. The maximum absolute atomic E-state index is 10.3. The molecule has 0 aromatic carbocycles. The van der Waals surface area contributed by atoms with Crippen molar-refractivity contribution in [1.29, 1.82) is 0 Å². The average molecular weight is 231 g/mol. The minimum atomic E-state index is -4.64. The van der Waals surface area contributed by atoms with Gasteiger partial charge < -0.3 is 29.8 Å². The highest BCUT2D eigenvalue weighted by atomic mass is 31.2. The molecule has 14 heavy (non-hydrogen) atoms.